The molecule has 0 bridgehead atoms. The van der Waals surface area contributed by atoms with Crippen molar-refractivity contribution in [1.29, 1.82) is 0 Å². The van der Waals surface area contributed by atoms with E-state index in [2.05, 4.69) is 42.1 Å². The van der Waals surface area contributed by atoms with E-state index in [9.17, 15) is 4.79 Å². The minimum atomic E-state index is 0.0131. The summed E-state index contributed by atoms with van der Waals surface area (Å²) in [7, 11) is 0. The third-order valence-electron chi connectivity index (χ3n) is 5.09. The summed E-state index contributed by atoms with van der Waals surface area (Å²) in [5, 5.41) is 3.36. The second-order valence-corrected chi connectivity index (χ2v) is 7.21. The van der Waals surface area contributed by atoms with Crippen LogP contribution in [0.5, 0.6) is 0 Å². The van der Waals surface area contributed by atoms with E-state index in [1.807, 2.05) is 23.1 Å². The number of likely N-dealkylation sites (tertiary alicyclic amines) is 1. The van der Waals surface area contributed by atoms with Gasteiger partial charge in [-0.2, -0.15) is 0 Å². The minimum Gasteiger partial charge on any atom is -0.340 e. The third-order valence-corrected chi connectivity index (χ3v) is 5.09. The van der Waals surface area contributed by atoms with Gasteiger partial charge in [0.1, 0.15) is 17.8 Å². The van der Waals surface area contributed by atoms with Gasteiger partial charge in [-0.05, 0) is 43.2 Å². The van der Waals surface area contributed by atoms with Crippen molar-refractivity contribution in [3.63, 3.8) is 0 Å². The van der Waals surface area contributed by atoms with Gasteiger partial charge in [-0.25, -0.2) is 9.97 Å². The molecule has 0 spiro atoms. The summed E-state index contributed by atoms with van der Waals surface area (Å²) in [6, 6.07) is 10.3. The maximum absolute atomic E-state index is 13.0. The SMILES string of the molecule is CCC1CCCCN1C(=O)c1cc(Nc2ccccc2C(C)C)ncn1. The highest BCUT2D eigenvalue weighted by atomic mass is 16.2. The van der Waals surface area contributed by atoms with Crippen LogP contribution in [0.1, 0.15) is 68.4 Å². The van der Waals surface area contributed by atoms with Gasteiger partial charge in [-0.3, -0.25) is 4.79 Å². The summed E-state index contributed by atoms with van der Waals surface area (Å²) in [5.41, 5.74) is 2.70. The van der Waals surface area contributed by atoms with E-state index in [1.54, 1.807) is 6.07 Å². The number of hydrogen-bond acceptors (Lipinski definition) is 4. The number of nitrogens with zero attached hydrogens (tertiary/aromatic N) is 3. The number of aromatic nitrogens is 2. The molecule has 26 heavy (non-hydrogen) atoms. The summed E-state index contributed by atoms with van der Waals surface area (Å²) in [4.78, 5) is 23.5. The van der Waals surface area contributed by atoms with Gasteiger partial charge in [0.05, 0.1) is 0 Å². The Morgan fingerprint density at radius 2 is 2.08 bits per heavy atom. The average molecular weight is 352 g/mol. The molecule has 1 aliphatic heterocycles. The molecule has 0 saturated carbocycles. The Balaban J connectivity index is 1.81. The van der Waals surface area contributed by atoms with Crippen molar-refractivity contribution >= 4 is 17.4 Å². The fraction of sp³-hybridized carbons (Fsp3) is 0.476. The van der Waals surface area contributed by atoms with Crippen LogP contribution in [-0.4, -0.2) is 33.4 Å². The molecule has 1 aromatic heterocycles. The second-order valence-electron chi connectivity index (χ2n) is 7.21. The fourth-order valence-electron chi connectivity index (χ4n) is 3.63. The highest BCUT2D eigenvalue weighted by molar-refractivity contribution is 5.93. The van der Waals surface area contributed by atoms with Gasteiger partial charge >= 0.3 is 0 Å². The van der Waals surface area contributed by atoms with Crippen LogP contribution in [0.3, 0.4) is 0 Å². The van der Waals surface area contributed by atoms with Crippen molar-refractivity contribution in [2.24, 2.45) is 0 Å². The second kappa shape index (κ2) is 8.30. The van der Waals surface area contributed by atoms with E-state index in [4.69, 9.17) is 0 Å². The Labute approximate surface area is 155 Å². The van der Waals surface area contributed by atoms with Crippen LogP contribution in [0.2, 0.25) is 0 Å². The van der Waals surface area contributed by atoms with Crippen molar-refractivity contribution in [1.82, 2.24) is 14.9 Å². The Hall–Kier alpha value is -2.43. The molecule has 0 aliphatic carbocycles. The third kappa shape index (κ3) is 4.03. The molecule has 1 unspecified atom stereocenters. The monoisotopic (exact) mass is 352 g/mol. The summed E-state index contributed by atoms with van der Waals surface area (Å²) in [6.45, 7) is 7.29. The molecule has 1 saturated heterocycles. The maximum Gasteiger partial charge on any atom is 0.272 e. The predicted molar refractivity (Wildman–Crippen MR) is 105 cm³/mol. The lowest BCUT2D eigenvalue weighted by atomic mass is 9.99. The Bertz CT molecular complexity index is 759. The largest absolute Gasteiger partial charge is 0.340 e. The minimum absolute atomic E-state index is 0.0131. The normalized spacial score (nSPS) is 17.4. The molecular formula is C21H28N4O. The van der Waals surface area contributed by atoms with Crippen molar-refractivity contribution in [3.05, 3.63) is 47.9 Å². The average Bonchev–Trinajstić information content (AvgIpc) is 2.68. The predicted octanol–water partition coefficient (Wildman–Crippen LogP) is 4.75. The molecule has 1 aliphatic rings. The van der Waals surface area contributed by atoms with Crippen LogP contribution < -0.4 is 5.32 Å². The molecule has 1 aromatic carbocycles. The molecule has 3 rings (SSSR count). The number of carbonyl (C=O) groups excluding carboxylic acids is 1. The first-order valence-electron chi connectivity index (χ1n) is 9.59. The van der Waals surface area contributed by atoms with E-state index in [1.165, 1.54) is 18.3 Å². The topological polar surface area (TPSA) is 58.1 Å². The number of para-hydroxylation sites is 1. The molecule has 5 nitrogen and oxygen atoms in total. The smallest absolute Gasteiger partial charge is 0.272 e. The number of anilines is 2. The first-order valence-corrected chi connectivity index (χ1v) is 9.59. The van der Waals surface area contributed by atoms with Crippen LogP contribution in [0.15, 0.2) is 36.7 Å². The van der Waals surface area contributed by atoms with E-state index in [-0.39, 0.29) is 5.91 Å². The number of carbonyl (C=O) groups is 1. The van der Waals surface area contributed by atoms with E-state index < -0.39 is 0 Å². The molecule has 2 aromatic rings. The summed E-state index contributed by atoms with van der Waals surface area (Å²) in [5.74, 6) is 1.07. The van der Waals surface area contributed by atoms with Gasteiger partial charge in [0.2, 0.25) is 0 Å². The quantitative estimate of drug-likeness (QED) is 0.844. The lowest BCUT2D eigenvalue weighted by Crippen LogP contribution is -2.43. The molecule has 0 radical (unpaired) electrons. The fourth-order valence-corrected chi connectivity index (χ4v) is 3.63. The number of amides is 1. The van der Waals surface area contributed by atoms with Crippen molar-refractivity contribution < 1.29 is 4.79 Å². The molecule has 2 heterocycles. The van der Waals surface area contributed by atoms with Gasteiger partial charge in [0.25, 0.3) is 5.91 Å². The maximum atomic E-state index is 13.0. The number of nitrogens with one attached hydrogen (secondary N) is 1. The molecular weight excluding hydrogens is 324 g/mol. The van der Waals surface area contributed by atoms with Crippen molar-refractivity contribution in [2.75, 3.05) is 11.9 Å². The Kier molecular flexibility index (Phi) is 5.86. The van der Waals surface area contributed by atoms with Gasteiger partial charge < -0.3 is 10.2 Å². The van der Waals surface area contributed by atoms with Crippen molar-refractivity contribution in [2.45, 2.75) is 58.4 Å². The Morgan fingerprint density at radius 3 is 2.85 bits per heavy atom. The number of piperidine rings is 1. The molecule has 1 atom stereocenters. The van der Waals surface area contributed by atoms with Crippen LogP contribution in [0.4, 0.5) is 11.5 Å². The van der Waals surface area contributed by atoms with Crippen molar-refractivity contribution in [3.8, 4) is 0 Å². The molecule has 5 heteroatoms. The summed E-state index contributed by atoms with van der Waals surface area (Å²) < 4.78 is 0. The van der Waals surface area contributed by atoms with Gasteiger partial charge in [0, 0.05) is 24.3 Å². The first-order chi connectivity index (χ1) is 12.6. The molecule has 1 amide bonds. The highest BCUT2D eigenvalue weighted by Crippen LogP contribution is 2.27. The summed E-state index contributed by atoms with van der Waals surface area (Å²) >= 11 is 0. The zero-order valence-electron chi connectivity index (χ0n) is 15.9. The van der Waals surface area contributed by atoms with E-state index >= 15 is 0 Å². The molecule has 138 valence electrons. The zero-order valence-corrected chi connectivity index (χ0v) is 15.9. The van der Waals surface area contributed by atoms with Gasteiger partial charge in [-0.15, -0.1) is 0 Å². The number of rotatable bonds is 5. The van der Waals surface area contributed by atoms with Crippen LogP contribution in [0.25, 0.3) is 0 Å². The van der Waals surface area contributed by atoms with Gasteiger partial charge in [-0.1, -0.05) is 39.0 Å². The number of hydrogen-bond donors (Lipinski definition) is 1. The summed E-state index contributed by atoms with van der Waals surface area (Å²) in [6.07, 6.45) is 5.81. The first kappa shape index (κ1) is 18.4. The van der Waals surface area contributed by atoms with Crippen LogP contribution >= 0.6 is 0 Å². The standard InChI is InChI=1S/C21H28N4O/c1-4-16-9-7-8-12-25(16)21(26)19-13-20(23-14-22-19)24-18-11-6-5-10-17(18)15(2)3/h5-6,10-11,13-16H,4,7-9,12H2,1-3H3,(H,22,23,24). The Morgan fingerprint density at radius 1 is 1.27 bits per heavy atom. The van der Waals surface area contributed by atoms with E-state index in [0.29, 0.717) is 23.5 Å². The van der Waals surface area contributed by atoms with Gasteiger partial charge in [0.15, 0.2) is 0 Å². The zero-order chi connectivity index (χ0) is 18.5. The van der Waals surface area contributed by atoms with Crippen LogP contribution in [-0.2, 0) is 0 Å². The molecule has 1 N–H and O–H groups in total. The lowest BCUT2D eigenvalue weighted by molar-refractivity contribution is 0.0602. The number of benzene rings is 1. The lowest BCUT2D eigenvalue weighted by Gasteiger charge is -2.35. The van der Waals surface area contributed by atoms with Crippen LogP contribution in [0, 0.1) is 0 Å². The van der Waals surface area contributed by atoms with E-state index in [0.717, 1.165) is 31.5 Å². The highest BCUT2D eigenvalue weighted by Gasteiger charge is 2.27. The molecule has 1 fully saturated rings.